The Morgan fingerprint density at radius 3 is 1.47 bits per heavy atom. The number of hydrogen-bond donors (Lipinski definition) is 2. The van der Waals surface area contributed by atoms with Crippen LogP contribution in [0.15, 0.2) is 85.2 Å². The molecule has 8 nitrogen and oxygen atoms in total. The van der Waals surface area contributed by atoms with Gasteiger partial charge < -0.3 is 20.1 Å². The molecule has 0 aliphatic rings. The molecule has 0 spiro atoms. The minimum absolute atomic E-state index is 0.260. The van der Waals surface area contributed by atoms with Gasteiger partial charge in [-0.05, 0) is 22.9 Å². The summed E-state index contributed by atoms with van der Waals surface area (Å²) in [6.07, 6.45) is 3.17. The fourth-order valence-electron chi connectivity index (χ4n) is 4.05. The standard InChI is InChI=1S/C28H22N4O4/c1-35-23-15-21(31-27(33)25-19-9-5-3-7-17(19)11-13-29-25)22(16-24(23)36-2)32-28(34)26-20-10-6-4-8-18(20)12-14-30-26/h3-16H,1-2H3,(H,31,33)(H,32,34). The van der Waals surface area contributed by atoms with Crippen LogP contribution in [0, 0.1) is 0 Å². The maximum absolute atomic E-state index is 13.3. The van der Waals surface area contributed by atoms with Crippen molar-refractivity contribution in [3.63, 3.8) is 0 Å². The third-order valence-corrected chi connectivity index (χ3v) is 5.80. The van der Waals surface area contributed by atoms with Crippen molar-refractivity contribution in [1.29, 1.82) is 0 Å². The Bertz CT molecular complexity index is 1490. The van der Waals surface area contributed by atoms with Gasteiger partial charge in [-0.15, -0.1) is 0 Å². The number of ether oxygens (including phenoxy) is 2. The second kappa shape index (κ2) is 9.71. The lowest BCUT2D eigenvalue weighted by Crippen LogP contribution is -2.19. The summed E-state index contributed by atoms with van der Waals surface area (Å²) in [6.45, 7) is 0. The van der Waals surface area contributed by atoms with Crippen molar-refractivity contribution in [1.82, 2.24) is 9.97 Å². The van der Waals surface area contributed by atoms with E-state index in [9.17, 15) is 9.59 Å². The third-order valence-electron chi connectivity index (χ3n) is 5.80. The first-order valence-electron chi connectivity index (χ1n) is 11.2. The normalized spacial score (nSPS) is 10.7. The zero-order chi connectivity index (χ0) is 25.1. The van der Waals surface area contributed by atoms with Gasteiger partial charge in [-0.3, -0.25) is 19.6 Å². The van der Waals surface area contributed by atoms with Crippen molar-refractivity contribution in [3.05, 3.63) is 96.6 Å². The molecule has 0 unspecified atom stereocenters. The molecule has 5 rings (SSSR count). The number of hydrogen-bond acceptors (Lipinski definition) is 6. The molecule has 5 aromatic rings. The molecular weight excluding hydrogens is 456 g/mol. The van der Waals surface area contributed by atoms with Gasteiger partial charge in [0, 0.05) is 35.3 Å². The minimum atomic E-state index is -0.433. The molecule has 36 heavy (non-hydrogen) atoms. The molecule has 2 heterocycles. The number of fused-ring (bicyclic) bond motifs is 2. The number of carbonyl (C=O) groups excluding carboxylic acids is 2. The van der Waals surface area contributed by atoms with E-state index in [4.69, 9.17) is 9.47 Å². The maximum atomic E-state index is 13.3. The summed E-state index contributed by atoms with van der Waals surface area (Å²) in [5.74, 6) is -0.0875. The van der Waals surface area contributed by atoms with Gasteiger partial charge in [-0.25, -0.2) is 0 Å². The zero-order valence-electron chi connectivity index (χ0n) is 19.6. The van der Waals surface area contributed by atoms with Crippen molar-refractivity contribution in [2.45, 2.75) is 0 Å². The quantitative estimate of drug-likeness (QED) is 0.343. The molecule has 0 aliphatic carbocycles. The predicted octanol–water partition coefficient (Wildman–Crippen LogP) is 5.30. The van der Waals surface area contributed by atoms with E-state index in [-0.39, 0.29) is 11.4 Å². The lowest BCUT2D eigenvalue weighted by molar-refractivity contribution is 0.101. The summed E-state index contributed by atoms with van der Waals surface area (Å²) in [4.78, 5) is 35.2. The molecule has 178 valence electrons. The zero-order valence-corrected chi connectivity index (χ0v) is 19.6. The summed E-state index contributed by atoms with van der Waals surface area (Å²) < 4.78 is 10.8. The van der Waals surface area contributed by atoms with Crippen LogP contribution in [0.5, 0.6) is 11.5 Å². The van der Waals surface area contributed by atoms with Gasteiger partial charge in [0.2, 0.25) is 0 Å². The smallest absolute Gasteiger partial charge is 0.274 e. The first-order chi connectivity index (χ1) is 17.6. The molecule has 0 aliphatic heterocycles. The Morgan fingerprint density at radius 1 is 0.639 bits per heavy atom. The highest BCUT2D eigenvalue weighted by atomic mass is 16.5. The van der Waals surface area contributed by atoms with Gasteiger partial charge in [0.15, 0.2) is 11.5 Å². The maximum Gasteiger partial charge on any atom is 0.274 e. The third kappa shape index (κ3) is 4.27. The van der Waals surface area contributed by atoms with Gasteiger partial charge in [-0.2, -0.15) is 0 Å². The fourth-order valence-corrected chi connectivity index (χ4v) is 4.05. The van der Waals surface area contributed by atoms with Crippen LogP contribution in [0.25, 0.3) is 21.5 Å². The number of amides is 2. The molecule has 8 heteroatoms. The van der Waals surface area contributed by atoms with Crippen LogP contribution in [0.3, 0.4) is 0 Å². The average Bonchev–Trinajstić information content (AvgIpc) is 2.92. The van der Waals surface area contributed by atoms with Gasteiger partial charge in [-0.1, -0.05) is 48.5 Å². The molecule has 0 saturated heterocycles. The molecule has 0 fully saturated rings. The SMILES string of the molecule is COc1cc(NC(=O)c2nccc3ccccc23)c(NC(=O)c2nccc3ccccc23)cc1OC. The number of carbonyl (C=O) groups is 2. The van der Waals surface area contributed by atoms with E-state index >= 15 is 0 Å². The van der Waals surface area contributed by atoms with Crippen molar-refractivity contribution >= 4 is 44.7 Å². The van der Waals surface area contributed by atoms with Crippen LogP contribution < -0.4 is 20.1 Å². The van der Waals surface area contributed by atoms with Crippen molar-refractivity contribution in [3.8, 4) is 11.5 Å². The minimum Gasteiger partial charge on any atom is -0.493 e. The van der Waals surface area contributed by atoms with Crippen LogP contribution in [-0.2, 0) is 0 Å². The van der Waals surface area contributed by atoms with Gasteiger partial charge in [0.25, 0.3) is 11.8 Å². The second-order valence-electron chi connectivity index (χ2n) is 7.92. The van der Waals surface area contributed by atoms with Gasteiger partial charge in [0.05, 0.1) is 25.6 Å². The van der Waals surface area contributed by atoms with E-state index in [0.717, 1.165) is 10.8 Å². The van der Waals surface area contributed by atoms with Gasteiger partial charge >= 0.3 is 0 Å². The summed E-state index contributed by atoms with van der Waals surface area (Å²) in [7, 11) is 2.99. The predicted molar refractivity (Wildman–Crippen MR) is 139 cm³/mol. The number of aromatic nitrogens is 2. The second-order valence-corrected chi connectivity index (χ2v) is 7.92. The number of nitrogens with one attached hydrogen (secondary N) is 2. The van der Waals surface area contributed by atoms with Gasteiger partial charge in [0.1, 0.15) is 11.4 Å². The van der Waals surface area contributed by atoms with E-state index < -0.39 is 11.8 Å². The Balaban J connectivity index is 1.53. The first-order valence-corrected chi connectivity index (χ1v) is 11.2. The highest BCUT2D eigenvalue weighted by Gasteiger charge is 2.20. The van der Waals surface area contributed by atoms with Crippen LogP contribution >= 0.6 is 0 Å². The lowest BCUT2D eigenvalue weighted by Gasteiger charge is -2.17. The topological polar surface area (TPSA) is 102 Å². The number of methoxy groups -OCH3 is 2. The molecule has 0 radical (unpaired) electrons. The van der Waals surface area contributed by atoms with Crippen LogP contribution in [-0.4, -0.2) is 36.0 Å². The van der Waals surface area contributed by atoms with E-state index in [0.29, 0.717) is 33.6 Å². The highest BCUT2D eigenvalue weighted by molar-refractivity contribution is 6.15. The Hall–Kier alpha value is -4.98. The van der Waals surface area contributed by atoms with Crippen molar-refractivity contribution in [2.75, 3.05) is 24.9 Å². The largest absolute Gasteiger partial charge is 0.493 e. The Kier molecular flexibility index (Phi) is 6.15. The number of rotatable bonds is 6. The van der Waals surface area contributed by atoms with E-state index in [1.165, 1.54) is 14.2 Å². The monoisotopic (exact) mass is 478 g/mol. The summed E-state index contributed by atoms with van der Waals surface area (Å²) in [5.41, 5.74) is 1.16. The Morgan fingerprint density at radius 2 is 1.06 bits per heavy atom. The Labute approximate surface area is 206 Å². The van der Waals surface area contributed by atoms with E-state index in [1.54, 1.807) is 24.5 Å². The molecule has 2 N–H and O–H groups in total. The molecular formula is C28H22N4O4. The van der Waals surface area contributed by atoms with E-state index in [2.05, 4.69) is 20.6 Å². The number of anilines is 2. The molecule has 0 saturated carbocycles. The van der Waals surface area contributed by atoms with Crippen LogP contribution in [0.2, 0.25) is 0 Å². The van der Waals surface area contributed by atoms with E-state index in [1.807, 2.05) is 60.7 Å². The van der Waals surface area contributed by atoms with Crippen molar-refractivity contribution < 1.29 is 19.1 Å². The number of nitrogens with zero attached hydrogens (tertiary/aromatic N) is 2. The first kappa shape index (κ1) is 22.8. The molecule has 0 bridgehead atoms. The molecule has 3 aromatic carbocycles. The van der Waals surface area contributed by atoms with Crippen molar-refractivity contribution in [2.24, 2.45) is 0 Å². The number of pyridine rings is 2. The van der Waals surface area contributed by atoms with Crippen LogP contribution in [0.1, 0.15) is 21.0 Å². The summed E-state index contributed by atoms with van der Waals surface area (Å²) >= 11 is 0. The average molecular weight is 479 g/mol. The van der Waals surface area contributed by atoms with Crippen LogP contribution in [0.4, 0.5) is 11.4 Å². The fraction of sp³-hybridized carbons (Fsp3) is 0.0714. The highest BCUT2D eigenvalue weighted by Crippen LogP contribution is 2.37. The summed E-state index contributed by atoms with van der Waals surface area (Å²) in [6, 6.07) is 21.8. The summed E-state index contributed by atoms with van der Waals surface area (Å²) in [5, 5.41) is 8.94. The molecule has 0 atom stereocenters. The lowest BCUT2D eigenvalue weighted by atomic mass is 10.1. The molecule has 2 amide bonds. The molecule has 2 aromatic heterocycles. The number of benzene rings is 3.